The predicted octanol–water partition coefficient (Wildman–Crippen LogP) is 2.47. The maximum atomic E-state index is 12.2. The molecule has 19 heavy (non-hydrogen) atoms. The summed E-state index contributed by atoms with van der Waals surface area (Å²) in [5.74, 6) is 0.232. The number of hydrogen-bond acceptors (Lipinski definition) is 2. The second-order valence-corrected chi connectivity index (χ2v) is 5.40. The van der Waals surface area contributed by atoms with Gasteiger partial charge in [0.05, 0.1) is 0 Å². The zero-order valence-corrected chi connectivity index (χ0v) is 12.1. The second kappa shape index (κ2) is 5.74. The summed E-state index contributed by atoms with van der Waals surface area (Å²) >= 11 is 0. The lowest BCUT2D eigenvalue weighted by Gasteiger charge is -2.24. The molecule has 1 atom stereocenters. The van der Waals surface area contributed by atoms with E-state index in [9.17, 15) is 9.90 Å². The van der Waals surface area contributed by atoms with Crippen molar-refractivity contribution in [3.05, 3.63) is 28.8 Å². The molecule has 0 spiro atoms. The summed E-state index contributed by atoms with van der Waals surface area (Å²) in [5, 5.41) is 9.27. The quantitative estimate of drug-likeness (QED) is 0.904. The van der Waals surface area contributed by atoms with Crippen molar-refractivity contribution in [2.24, 2.45) is 5.92 Å². The van der Waals surface area contributed by atoms with E-state index in [-0.39, 0.29) is 18.4 Å². The van der Waals surface area contributed by atoms with Gasteiger partial charge in [0, 0.05) is 31.2 Å². The lowest BCUT2D eigenvalue weighted by atomic mass is 9.98. The summed E-state index contributed by atoms with van der Waals surface area (Å²) in [4.78, 5) is 14.1. The van der Waals surface area contributed by atoms with Gasteiger partial charge in [-0.2, -0.15) is 0 Å². The summed E-state index contributed by atoms with van der Waals surface area (Å²) in [5.41, 5.74) is 4.83. The van der Waals surface area contributed by atoms with Crippen LogP contribution in [0.4, 0.5) is 5.69 Å². The molecule has 1 N–H and O–H groups in total. The van der Waals surface area contributed by atoms with E-state index in [0.29, 0.717) is 13.0 Å². The van der Waals surface area contributed by atoms with Crippen LogP contribution in [0.5, 0.6) is 0 Å². The lowest BCUT2D eigenvalue weighted by molar-refractivity contribution is -0.117. The minimum absolute atomic E-state index is 0.0863. The van der Waals surface area contributed by atoms with Crippen LogP contribution in [0.25, 0.3) is 0 Å². The molecule has 1 amide bonds. The molecule has 1 heterocycles. The van der Waals surface area contributed by atoms with Crippen LogP contribution in [0, 0.1) is 12.8 Å². The Hall–Kier alpha value is -1.35. The molecule has 3 heteroatoms. The van der Waals surface area contributed by atoms with E-state index in [0.717, 1.165) is 18.5 Å². The zero-order chi connectivity index (χ0) is 14.0. The average molecular weight is 261 g/mol. The van der Waals surface area contributed by atoms with Gasteiger partial charge in [-0.1, -0.05) is 31.5 Å². The highest BCUT2D eigenvalue weighted by atomic mass is 16.3. The number of hydrogen-bond donors (Lipinski definition) is 1. The molecule has 1 aromatic carbocycles. The Morgan fingerprint density at radius 3 is 2.26 bits per heavy atom. The van der Waals surface area contributed by atoms with Crippen molar-refractivity contribution >= 4 is 11.6 Å². The van der Waals surface area contributed by atoms with E-state index < -0.39 is 0 Å². The molecule has 1 aliphatic heterocycles. The summed E-state index contributed by atoms with van der Waals surface area (Å²) in [6.07, 6.45) is 2.33. The largest absolute Gasteiger partial charge is 0.396 e. The van der Waals surface area contributed by atoms with Crippen molar-refractivity contribution in [1.82, 2.24) is 0 Å². The van der Waals surface area contributed by atoms with E-state index in [4.69, 9.17) is 0 Å². The Kier molecular flexibility index (Phi) is 4.25. The van der Waals surface area contributed by atoms with Gasteiger partial charge in [0.25, 0.3) is 0 Å². The topological polar surface area (TPSA) is 40.5 Å². The van der Waals surface area contributed by atoms with E-state index >= 15 is 0 Å². The number of rotatable bonds is 4. The molecule has 1 fully saturated rings. The highest BCUT2D eigenvalue weighted by Crippen LogP contribution is 2.33. The van der Waals surface area contributed by atoms with Crippen molar-refractivity contribution in [2.75, 3.05) is 18.1 Å². The van der Waals surface area contributed by atoms with E-state index in [1.54, 1.807) is 0 Å². The molecule has 0 radical (unpaired) electrons. The van der Waals surface area contributed by atoms with Crippen LogP contribution in [0.15, 0.2) is 12.1 Å². The molecule has 0 bridgehead atoms. The second-order valence-electron chi connectivity index (χ2n) is 5.40. The third kappa shape index (κ3) is 2.66. The smallest absolute Gasteiger partial charge is 0.227 e. The van der Waals surface area contributed by atoms with Crippen molar-refractivity contribution < 1.29 is 9.90 Å². The van der Waals surface area contributed by atoms with Gasteiger partial charge in [-0.3, -0.25) is 4.79 Å². The first-order valence-electron chi connectivity index (χ1n) is 7.14. The molecule has 1 saturated heterocycles. The third-order valence-corrected chi connectivity index (χ3v) is 3.91. The fraction of sp³-hybridized carbons (Fsp3) is 0.562. The van der Waals surface area contributed by atoms with Crippen LogP contribution in [0.3, 0.4) is 0 Å². The normalized spacial score (nSPS) is 19.3. The molecule has 1 aliphatic rings. The van der Waals surface area contributed by atoms with Crippen LogP contribution in [0.1, 0.15) is 37.0 Å². The van der Waals surface area contributed by atoms with E-state index in [1.807, 2.05) is 4.90 Å². The van der Waals surface area contributed by atoms with Gasteiger partial charge in [-0.25, -0.2) is 0 Å². The van der Waals surface area contributed by atoms with E-state index in [1.165, 1.54) is 16.7 Å². The maximum Gasteiger partial charge on any atom is 0.227 e. The number of benzene rings is 1. The fourth-order valence-electron chi connectivity index (χ4n) is 2.94. The Bertz CT molecular complexity index is 457. The number of anilines is 1. The Morgan fingerprint density at radius 1 is 1.26 bits per heavy atom. The van der Waals surface area contributed by atoms with Gasteiger partial charge in [-0.05, 0) is 30.9 Å². The summed E-state index contributed by atoms with van der Waals surface area (Å²) in [6, 6.07) is 4.35. The van der Waals surface area contributed by atoms with Crippen LogP contribution >= 0.6 is 0 Å². The number of aryl methyl sites for hydroxylation is 3. The molecule has 3 nitrogen and oxygen atoms in total. The summed E-state index contributed by atoms with van der Waals surface area (Å²) in [6.45, 7) is 7.10. The number of aliphatic hydroxyl groups excluding tert-OH is 1. The van der Waals surface area contributed by atoms with Crippen molar-refractivity contribution in [2.45, 2.75) is 40.0 Å². The van der Waals surface area contributed by atoms with Crippen LogP contribution in [0.2, 0.25) is 0 Å². The number of carbonyl (C=O) groups is 1. The van der Waals surface area contributed by atoms with Crippen LogP contribution < -0.4 is 4.90 Å². The maximum absolute atomic E-state index is 12.2. The minimum atomic E-state index is 0.0863. The SMILES string of the molecule is CCc1cc(C)cc(CC)c1N1CC(CO)CC1=O. The molecule has 104 valence electrons. The standard InChI is InChI=1S/C16H23NO2/c1-4-13-6-11(3)7-14(5-2)16(13)17-9-12(10-18)8-15(17)19/h6-7,12,18H,4-5,8-10H2,1-3H3. The summed E-state index contributed by atoms with van der Waals surface area (Å²) in [7, 11) is 0. The molecular weight excluding hydrogens is 238 g/mol. The predicted molar refractivity (Wildman–Crippen MR) is 77.5 cm³/mol. The highest BCUT2D eigenvalue weighted by molar-refractivity contribution is 5.97. The van der Waals surface area contributed by atoms with Gasteiger partial charge < -0.3 is 10.0 Å². The van der Waals surface area contributed by atoms with Gasteiger partial charge in [0.2, 0.25) is 5.91 Å². The summed E-state index contributed by atoms with van der Waals surface area (Å²) < 4.78 is 0. The van der Waals surface area contributed by atoms with Gasteiger partial charge in [0.15, 0.2) is 0 Å². The van der Waals surface area contributed by atoms with Gasteiger partial charge in [-0.15, -0.1) is 0 Å². The van der Waals surface area contributed by atoms with Crippen molar-refractivity contribution in [3.8, 4) is 0 Å². The molecule has 1 unspecified atom stereocenters. The Morgan fingerprint density at radius 2 is 1.84 bits per heavy atom. The monoisotopic (exact) mass is 261 g/mol. The molecule has 0 aromatic heterocycles. The average Bonchev–Trinajstić information content (AvgIpc) is 2.78. The van der Waals surface area contributed by atoms with Crippen LogP contribution in [-0.2, 0) is 17.6 Å². The zero-order valence-electron chi connectivity index (χ0n) is 12.1. The minimum Gasteiger partial charge on any atom is -0.396 e. The molecular formula is C16H23NO2. The van der Waals surface area contributed by atoms with E-state index in [2.05, 4.69) is 32.9 Å². The first-order chi connectivity index (χ1) is 9.10. The molecule has 0 saturated carbocycles. The Labute approximate surface area is 115 Å². The fourth-order valence-corrected chi connectivity index (χ4v) is 2.94. The Balaban J connectivity index is 2.46. The number of amides is 1. The first-order valence-corrected chi connectivity index (χ1v) is 7.14. The van der Waals surface area contributed by atoms with Crippen molar-refractivity contribution in [1.29, 1.82) is 0 Å². The highest BCUT2D eigenvalue weighted by Gasteiger charge is 2.32. The molecule has 2 rings (SSSR count). The van der Waals surface area contributed by atoms with Gasteiger partial charge in [0.1, 0.15) is 0 Å². The van der Waals surface area contributed by atoms with Gasteiger partial charge >= 0.3 is 0 Å². The number of aliphatic hydroxyl groups is 1. The molecule has 0 aliphatic carbocycles. The lowest BCUT2D eigenvalue weighted by Crippen LogP contribution is -2.27. The van der Waals surface area contributed by atoms with Crippen LogP contribution in [-0.4, -0.2) is 24.2 Å². The number of carbonyl (C=O) groups excluding carboxylic acids is 1. The number of nitrogens with zero attached hydrogens (tertiary/aromatic N) is 1. The van der Waals surface area contributed by atoms with Crippen molar-refractivity contribution in [3.63, 3.8) is 0 Å². The molecule has 1 aromatic rings. The third-order valence-electron chi connectivity index (χ3n) is 3.91. The first kappa shape index (κ1) is 14.1.